The van der Waals surface area contributed by atoms with Gasteiger partial charge in [0.25, 0.3) is 5.89 Å². The minimum absolute atomic E-state index is 0.0341. The monoisotopic (exact) mass is 523 g/mol. The minimum Gasteiger partial charge on any atom is -0.463 e. The van der Waals surface area contributed by atoms with Crippen molar-refractivity contribution in [3.63, 3.8) is 0 Å². The van der Waals surface area contributed by atoms with Gasteiger partial charge in [0.1, 0.15) is 24.6 Å². The zero-order valence-electron chi connectivity index (χ0n) is 18.3. The number of nitrogens with zero attached hydrogens (tertiary/aromatic N) is 4. The van der Waals surface area contributed by atoms with E-state index in [-0.39, 0.29) is 23.0 Å². The summed E-state index contributed by atoms with van der Waals surface area (Å²) in [5, 5.41) is 6.29. The quantitative estimate of drug-likeness (QED) is 0.386. The SMILES string of the molecule is CN(C)CCOC(=O)CN=C(C(Cl)=C(N)C(F)(F)F)c1nnc(-c2cccc(S(C)(=O)=O)c2)o1. The number of alkyl halides is 3. The van der Waals surface area contributed by atoms with Crippen LogP contribution in [0.2, 0.25) is 0 Å². The van der Waals surface area contributed by atoms with Gasteiger partial charge in [-0.05, 0) is 32.3 Å². The normalized spacial score (nSPS) is 13.7. The summed E-state index contributed by atoms with van der Waals surface area (Å²) in [6.07, 6.45) is -4.00. The van der Waals surface area contributed by atoms with Crippen molar-refractivity contribution in [1.29, 1.82) is 0 Å². The van der Waals surface area contributed by atoms with Crippen molar-refractivity contribution < 1.29 is 35.5 Å². The van der Waals surface area contributed by atoms with Crippen LogP contribution in [0.3, 0.4) is 0 Å². The van der Waals surface area contributed by atoms with E-state index < -0.39 is 50.9 Å². The van der Waals surface area contributed by atoms with Crippen LogP contribution in [0, 0.1) is 0 Å². The molecule has 0 fully saturated rings. The molecule has 0 amide bonds. The maximum atomic E-state index is 13.1. The molecule has 15 heteroatoms. The minimum atomic E-state index is -5.00. The predicted octanol–water partition coefficient (Wildman–Crippen LogP) is 2.01. The number of nitrogens with two attached hydrogens (primary N) is 1. The second-order valence-electron chi connectivity index (χ2n) is 7.13. The summed E-state index contributed by atoms with van der Waals surface area (Å²) >= 11 is 5.82. The average Bonchev–Trinajstić information content (AvgIpc) is 3.21. The Labute approximate surface area is 198 Å². The summed E-state index contributed by atoms with van der Waals surface area (Å²) in [5.74, 6) is -1.63. The van der Waals surface area contributed by atoms with E-state index in [9.17, 15) is 26.4 Å². The van der Waals surface area contributed by atoms with Crippen molar-refractivity contribution in [2.75, 3.05) is 40.0 Å². The van der Waals surface area contributed by atoms with Crippen LogP contribution in [-0.4, -0.2) is 81.4 Å². The highest BCUT2D eigenvalue weighted by Gasteiger charge is 2.36. The number of hydrogen-bond acceptors (Lipinski definition) is 10. The van der Waals surface area contributed by atoms with Crippen LogP contribution in [0.1, 0.15) is 5.89 Å². The summed E-state index contributed by atoms with van der Waals surface area (Å²) < 4.78 is 73.2. The molecular weight excluding hydrogens is 503 g/mol. The number of likely N-dealkylation sites (N-methyl/N-ethyl adjacent to an activating group) is 1. The molecule has 0 aliphatic heterocycles. The lowest BCUT2D eigenvalue weighted by Crippen LogP contribution is -2.24. The highest BCUT2D eigenvalue weighted by Crippen LogP contribution is 2.29. The number of aliphatic imine (C=N–C) groups is 1. The molecule has 34 heavy (non-hydrogen) atoms. The topological polar surface area (TPSA) is 141 Å². The molecule has 10 nitrogen and oxygen atoms in total. The molecule has 1 aromatic carbocycles. The molecule has 0 saturated heterocycles. The molecule has 2 aromatic rings. The van der Waals surface area contributed by atoms with Crippen molar-refractivity contribution in [2.24, 2.45) is 10.7 Å². The summed E-state index contributed by atoms with van der Waals surface area (Å²) in [6, 6.07) is 5.46. The molecule has 0 aliphatic carbocycles. The van der Waals surface area contributed by atoms with E-state index in [1.54, 1.807) is 19.0 Å². The Morgan fingerprint density at radius 2 is 1.97 bits per heavy atom. The first-order valence-electron chi connectivity index (χ1n) is 9.42. The first kappa shape index (κ1) is 27.3. The third-order valence-corrected chi connectivity index (χ3v) is 5.55. The fourth-order valence-corrected chi connectivity index (χ4v) is 3.22. The second-order valence-corrected chi connectivity index (χ2v) is 9.52. The Morgan fingerprint density at radius 3 is 2.56 bits per heavy atom. The maximum absolute atomic E-state index is 13.1. The molecule has 2 N–H and O–H groups in total. The van der Waals surface area contributed by atoms with Crippen molar-refractivity contribution in [2.45, 2.75) is 11.1 Å². The summed E-state index contributed by atoms with van der Waals surface area (Å²) in [4.78, 5) is 17.4. The van der Waals surface area contributed by atoms with Gasteiger partial charge < -0.3 is 19.8 Å². The number of halogens is 4. The standard InChI is InChI=1S/C19H21ClF3N5O5S/c1-28(2)7-8-32-13(29)10-25-15(14(20)16(24)19(21,22)23)18-27-26-17(33-18)11-5-4-6-12(9-11)34(3,30)31/h4-6,9H,7-8,10,24H2,1-3H3. The van der Waals surface area contributed by atoms with Crippen LogP contribution in [0.4, 0.5) is 13.2 Å². The van der Waals surface area contributed by atoms with E-state index in [1.165, 1.54) is 24.3 Å². The van der Waals surface area contributed by atoms with Gasteiger partial charge in [-0.3, -0.25) is 9.79 Å². The zero-order chi connectivity index (χ0) is 25.7. The molecule has 1 heterocycles. The molecule has 0 unspecified atom stereocenters. The Morgan fingerprint density at radius 1 is 1.29 bits per heavy atom. The van der Waals surface area contributed by atoms with Gasteiger partial charge in [-0.1, -0.05) is 17.7 Å². The van der Waals surface area contributed by atoms with E-state index in [0.717, 1.165) is 6.26 Å². The van der Waals surface area contributed by atoms with Gasteiger partial charge in [0.2, 0.25) is 5.89 Å². The van der Waals surface area contributed by atoms with Gasteiger partial charge in [-0.15, -0.1) is 10.2 Å². The highest BCUT2D eigenvalue weighted by molar-refractivity contribution is 7.90. The first-order valence-corrected chi connectivity index (χ1v) is 11.7. The van der Waals surface area contributed by atoms with Crippen LogP contribution < -0.4 is 5.73 Å². The number of hydrogen-bond donors (Lipinski definition) is 1. The van der Waals surface area contributed by atoms with Crippen molar-refractivity contribution >= 4 is 33.1 Å². The number of carbonyl (C=O) groups is 1. The van der Waals surface area contributed by atoms with Crippen LogP contribution in [0.25, 0.3) is 11.5 Å². The van der Waals surface area contributed by atoms with E-state index in [1.807, 2.05) is 0 Å². The molecule has 1 aromatic heterocycles. The Hall–Kier alpha value is -2.97. The van der Waals surface area contributed by atoms with Gasteiger partial charge in [0.05, 0.1) is 9.93 Å². The number of sulfone groups is 1. The number of carbonyl (C=O) groups excluding carboxylic acids is 1. The number of rotatable bonds is 9. The zero-order valence-corrected chi connectivity index (χ0v) is 19.8. The van der Waals surface area contributed by atoms with Crippen LogP contribution >= 0.6 is 11.6 Å². The van der Waals surface area contributed by atoms with Gasteiger partial charge in [-0.2, -0.15) is 13.2 Å². The largest absolute Gasteiger partial charge is 0.463 e. The molecule has 0 saturated carbocycles. The van der Waals surface area contributed by atoms with Gasteiger partial charge in [0.15, 0.2) is 9.84 Å². The predicted molar refractivity (Wildman–Crippen MR) is 117 cm³/mol. The number of ether oxygens (including phenoxy) is 1. The smallest absolute Gasteiger partial charge is 0.432 e. The van der Waals surface area contributed by atoms with Crippen LogP contribution in [0.5, 0.6) is 0 Å². The van der Waals surface area contributed by atoms with E-state index >= 15 is 0 Å². The maximum Gasteiger partial charge on any atom is 0.432 e. The average molecular weight is 524 g/mol. The lowest BCUT2D eigenvalue weighted by Gasteiger charge is -2.11. The van der Waals surface area contributed by atoms with E-state index in [2.05, 4.69) is 15.2 Å². The third kappa shape index (κ3) is 7.53. The molecule has 0 aliphatic rings. The lowest BCUT2D eigenvalue weighted by molar-refractivity contribution is -0.142. The third-order valence-electron chi connectivity index (χ3n) is 4.05. The second kappa shape index (κ2) is 11.0. The van der Waals surface area contributed by atoms with E-state index in [4.69, 9.17) is 26.5 Å². The van der Waals surface area contributed by atoms with Crippen LogP contribution in [-0.2, 0) is 19.4 Å². The van der Waals surface area contributed by atoms with Crippen molar-refractivity contribution in [3.8, 4) is 11.5 Å². The fourth-order valence-electron chi connectivity index (χ4n) is 2.31. The van der Waals surface area contributed by atoms with Gasteiger partial charge in [-0.25, -0.2) is 8.42 Å². The molecule has 0 atom stereocenters. The molecule has 186 valence electrons. The molecule has 2 rings (SSSR count). The number of aromatic nitrogens is 2. The Bertz CT molecular complexity index is 1210. The molecule has 0 radical (unpaired) electrons. The number of esters is 1. The first-order chi connectivity index (χ1) is 15.7. The molecule has 0 bridgehead atoms. The number of allylic oxidation sites excluding steroid dienone is 2. The van der Waals surface area contributed by atoms with Crippen molar-refractivity contribution in [1.82, 2.24) is 15.1 Å². The lowest BCUT2D eigenvalue weighted by atomic mass is 10.2. The molecule has 0 spiro atoms. The van der Waals surface area contributed by atoms with Gasteiger partial charge in [0, 0.05) is 18.4 Å². The Balaban J connectivity index is 2.43. The highest BCUT2D eigenvalue weighted by atomic mass is 35.5. The van der Waals surface area contributed by atoms with E-state index in [0.29, 0.717) is 6.54 Å². The summed E-state index contributed by atoms with van der Waals surface area (Å²) in [6.45, 7) is -0.249. The molecular formula is C19H21ClF3N5O5S. The van der Waals surface area contributed by atoms with Crippen LogP contribution in [0.15, 0.2) is 49.3 Å². The fraction of sp³-hybridized carbons (Fsp3) is 0.368. The van der Waals surface area contributed by atoms with Gasteiger partial charge >= 0.3 is 12.1 Å². The number of benzene rings is 1. The Kier molecular flexibility index (Phi) is 8.80. The summed E-state index contributed by atoms with van der Waals surface area (Å²) in [7, 11) is -0.0387. The summed E-state index contributed by atoms with van der Waals surface area (Å²) in [5.41, 5.74) is 2.91. The van der Waals surface area contributed by atoms with Crippen molar-refractivity contribution in [3.05, 3.63) is 40.9 Å².